The SMILES string of the molecule is CC(C)n1ncc(Cl)c1C(O)c1ccc2c(c1)COC2. The molecule has 0 saturated carbocycles. The van der Waals surface area contributed by atoms with Crippen LogP contribution in [-0.4, -0.2) is 14.9 Å². The van der Waals surface area contributed by atoms with Crippen molar-refractivity contribution in [3.63, 3.8) is 0 Å². The molecular formula is C15H17ClN2O2. The lowest BCUT2D eigenvalue weighted by atomic mass is 10.0. The van der Waals surface area contributed by atoms with E-state index < -0.39 is 6.10 Å². The van der Waals surface area contributed by atoms with E-state index in [0.29, 0.717) is 23.9 Å². The van der Waals surface area contributed by atoms with Gasteiger partial charge in [0.25, 0.3) is 0 Å². The van der Waals surface area contributed by atoms with E-state index in [2.05, 4.69) is 5.10 Å². The van der Waals surface area contributed by atoms with Gasteiger partial charge in [-0.1, -0.05) is 29.8 Å². The zero-order valence-corrected chi connectivity index (χ0v) is 12.3. The Bertz CT molecular complexity index is 637. The molecule has 1 aliphatic heterocycles. The number of hydrogen-bond donors (Lipinski definition) is 1. The van der Waals surface area contributed by atoms with E-state index in [-0.39, 0.29) is 6.04 Å². The van der Waals surface area contributed by atoms with Crippen molar-refractivity contribution in [1.29, 1.82) is 0 Å². The van der Waals surface area contributed by atoms with Crippen LogP contribution in [0.1, 0.15) is 48.4 Å². The number of hydrogen-bond acceptors (Lipinski definition) is 3. The highest BCUT2D eigenvalue weighted by Crippen LogP contribution is 2.32. The minimum atomic E-state index is -0.779. The molecular weight excluding hydrogens is 276 g/mol. The van der Waals surface area contributed by atoms with Gasteiger partial charge >= 0.3 is 0 Å². The van der Waals surface area contributed by atoms with E-state index in [1.165, 1.54) is 5.56 Å². The van der Waals surface area contributed by atoms with Gasteiger partial charge in [0.1, 0.15) is 6.10 Å². The second-order valence-corrected chi connectivity index (χ2v) is 5.75. The van der Waals surface area contributed by atoms with E-state index in [0.717, 1.165) is 11.1 Å². The molecule has 5 heteroatoms. The van der Waals surface area contributed by atoms with Crippen molar-refractivity contribution in [2.75, 3.05) is 0 Å². The molecule has 1 aromatic heterocycles. The first kappa shape index (κ1) is 13.6. The van der Waals surface area contributed by atoms with Crippen LogP contribution in [0.2, 0.25) is 5.02 Å². The fraction of sp³-hybridized carbons (Fsp3) is 0.400. The Hall–Kier alpha value is -1.36. The lowest BCUT2D eigenvalue weighted by Crippen LogP contribution is -2.12. The largest absolute Gasteiger partial charge is 0.382 e. The molecule has 0 amide bonds. The van der Waals surface area contributed by atoms with Gasteiger partial charge in [0.2, 0.25) is 0 Å². The Labute approximate surface area is 122 Å². The highest BCUT2D eigenvalue weighted by atomic mass is 35.5. The van der Waals surface area contributed by atoms with Gasteiger partial charge < -0.3 is 9.84 Å². The van der Waals surface area contributed by atoms with Gasteiger partial charge in [-0.25, -0.2) is 0 Å². The molecule has 1 aliphatic rings. The molecule has 4 nitrogen and oxygen atoms in total. The average Bonchev–Trinajstić information content (AvgIpc) is 3.03. The predicted octanol–water partition coefficient (Wildman–Crippen LogP) is 3.23. The van der Waals surface area contributed by atoms with Crippen LogP contribution in [0.3, 0.4) is 0 Å². The van der Waals surface area contributed by atoms with Gasteiger partial charge in [0, 0.05) is 6.04 Å². The first-order chi connectivity index (χ1) is 9.58. The first-order valence-electron chi connectivity index (χ1n) is 6.68. The summed E-state index contributed by atoms with van der Waals surface area (Å²) < 4.78 is 7.16. The summed E-state index contributed by atoms with van der Waals surface area (Å²) in [6.07, 6.45) is 0.801. The van der Waals surface area contributed by atoms with Gasteiger partial charge in [-0.05, 0) is 30.5 Å². The fourth-order valence-corrected chi connectivity index (χ4v) is 2.77. The summed E-state index contributed by atoms with van der Waals surface area (Å²) in [5, 5.41) is 15.4. The maximum Gasteiger partial charge on any atom is 0.122 e. The highest BCUT2D eigenvalue weighted by Gasteiger charge is 2.22. The summed E-state index contributed by atoms with van der Waals surface area (Å²) >= 11 is 6.18. The van der Waals surface area contributed by atoms with E-state index in [4.69, 9.17) is 16.3 Å². The number of benzene rings is 1. The lowest BCUT2D eigenvalue weighted by molar-refractivity contribution is 0.134. The lowest BCUT2D eigenvalue weighted by Gasteiger charge is -2.17. The Balaban J connectivity index is 2.00. The molecule has 1 atom stereocenters. The topological polar surface area (TPSA) is 47.3 Å². The summed E-state index contributed by atoms with van der Waals surface area (Å²) in [6, 6.07) is 6.06. The molecule has 106 valence electrons. The summed E-state index contributed by atoms with van der Waals surface area (Å²) in [4.78, 5) is 0. The van der Waals surface area contributed by atoms with Gasteiger partial charge in [0.05, 0.1) is 30.1 Å². The number of fused-ring (bicyclic) bond motifs is 1. The molecule has 0 spiro atoms. The molecule has 3 rings (SSSR count). The zero-order valence-electron chi connectivity index (χ0n) is 11.5. The van der Waals surface area contributed by atoms with Crippen LogP contribution in [-0.2, 0) is 18.0 Å². The maximum absolute atomic E-state index is 10.6. The van der Waals surface area contributed by atoms with Crippen LogP contribution in [0.25, 0.3) is 0 Å². The van der Waals surface area contributed by atoms with Crippen molar-refractivity contribution in [1.82, 2.24) is 9.78 Å². The molecule has 0 fully saturated rings. The molecule has 1 unspecified atom stereocenters. The number of halogens is 1. The molecule has 0 aliphatic carbocycles. The molecule has 2 heterocycles. The van der Waals surface area contributed by atoms with Gasteiger partial charge in [-0.2, -0.15) is 5.10 Å². The molecule has 0 radical (unpaired) electrons. The minimum Gasteiger partial charge on any atom is -0.382 e. The van der Waals surface area contributed by atoms with Gasteiger partial charge in [-0.3, -0.25) is 4.68 Å². The summed E-state index contributed by atoms with van der Waals surface area (Å²) in [7, 11) is 0. The fourth-order valence-electron chi connectivity index (χ4n) is 2.54. The standard InChI is InChI=1S/C15H17ClN2O2/c1-9(2)18-14(13(16)6-17-18)15(19)10-3-4-11-7-20-8-12(11)5-10/h3-6,9,15,19H,7-8H2,1-2H3. The third kappa shape index (κ3) is 2.24. The van der Waals surface area contributed by atoms with Crippen LogP contribution < -0.4 is 0 Å². The smallest absolute Gasteiger partial charge is 0.122 e. The molecule has 0 bridgehead atoms. The quantitative estimate of drug-likeness (QED) is 0.945. The van der Waals surface area contributed by atoms with E-state index in [1.807, 2.05) is 32.0 Å². The summed E-state index contributed by atoms with van der Waals surface area (Å²) in [6.45, 7) is 5.27. The van der Waals surface area contributed by atoms with Crippen molar-refractivity contribution in [3.8, 4) is 0 Å². The predicted molar refractivity (Wildman–Crippen MR) is 76.6 cm³/mol. The monoisotopic (exact) mass is 292 g/mol. The van der Waals surface area contributed by atoms with Crippen molar-refractivity contribution < 1.29 is 9.84 Å². The molecule has 1 N–H and O–H groups in total. The Morgan fingerprint density at radius 2 is 2.05 bits per heavy atom. The molecule has 20 heavy (non-hydrogen) atoms. The van der Waals surface area contributed by atoms with Crippen LogP contribution in [0, 0.1) is 0 Å². The molecule has 1 aromatic carbocycles. The van der Waals surface area contributed by atoms with E-state index >= 15 is 0 Å². The van der Waals surface area contributed by atoms with Crippen molar-refractivity contribution in [3.05, 3.63) is 51.8 Å². The van der Waals surface area contributed by atoms with E-state index in [9.17, 15) is 5.11 Å². The first-order valence-corrected chi connectivity index (χ1v) is 7.06. The number of nitrogens with zero attached hydrogens (tertiary/aromatic N) is 2. The van der Waals surface area contributed by atoms with Crippen LogP contribution in [0.15, 0.2) is 24.4 Å². The number of rotatable bonds is 3. The molecule has 0 saturated heterocycles. The zero-order chi connectivity index (χ0) is 14.3. The van der Waals surface area contributed by atoms with E-state index in [1.54, 1.807) is 10.9 Å². The number of aromatic nitrogens is 2. The van der Waals surface area contributed by atoms with Crippen molar-refractivity contribution in [2.45, 2.75) is 39.2 Å². The number of ether oxygens (including phenoxy) is 1. The third-order valence-electron chi connectivity index (χ3n) is 3.60. The Morgan fingerprint density at radius 3 is 2.80 bits per heavy atom. The second kappa shape index (κ2) is 5.20. The van der Waals surface area contributed by atoms with Crippen LogP contribution >= 0.6 is 11.6 Å². The van der Waals surface area contributed by atoms with Crippen LogP contribution in [0.4, 0.5) is 0 Å². The van der Waals surface area contributed by atoms with Crippen LogP contribution in [0.5, 0.6) is 0 Å². The summed E-state index contributed by atoms with van der Waals surface area (Å²) in [5.74, 6) is 0. The normalized spacial score (nSPS) is 15.7. The average molecular weight is 293 g/mol. The maximum atomic E-state index is 10.6. The van der Waals surface area contributed by atoms with Crippen molar-refractivity contribution >= 4 is 11.6 Å². The van der Waals surface area contributed by atoms with Gasteiger partial charge in [0.15, 0.2) is 0 Å². The summed E-state index contributed by atoms with van der Waals surface area (Å²) in [5.41, 5.74) is 3.77. The van der Waals surface area contributed by atoms with Gasteiger partial charge in [-0.15, -0.1) is 0 Å². The Morgan fingerprint density at radius 1 is 1.30 bits per heavy atom. The second-order valence-electron chi connectivity index (χ2n) is 5.34. The third-order valence-corrected chi connectivity index (χ3v) is 3.89. The highest BCUT2D eigenvalue weighted by molar-refractivity contribution is 6.31. The van der Waals surface area contributed by atoms with Crippen molar-refractivity contribution in [2.24, 2.45) is 0 Å². The number of aliphatic hydroxyl groups is 1. The molecule has 2 aromatic rings. The number of aliphatic hydroxyl groups excluding tert-OH is 1. The minimum absolute atomic E-state index is 0.143. The Kier molecular flexibility index (Phi) is 3.54.